The van der Waals surface area contributed by atoms with Crippen LogP contribution in [0.5, 0.6) is 0 Å². The topological polar surface area (TPSA) is 48.1 Å². The lowest BCUT2D eigenvalue weighted by atomic mass is 9.67. The Morgan fingerprint density at radius 2 is 2.38 bits per heavy atom. The molecule has 2 fully saturated rings. The molecule has 0 spiro atoms. The molecule has 2 heterocycles. The predicted octanol–water partition coefficient (Wildman–Crippen LogP) is 2.38. The smallest absolute Gasteiger partial charge is 0.122 e. The molecule has 2 N–H and O–H groups in total. The third-order valence-corrected chi connectivity index (χ3v) is 4.91. The highest BCUT2D eigenvalue weighted by atomic mass is 32.1. The highest BCUT2D eigenvalue weighted by Gasteiger charge is 2.39. The van der Waals surface area contributed by atoms with Crippen LogP contribution in [0.3, 0.4) is 0 Å². The molecule has 0 bridgehead atoms. The van der Waals surface area contributed by atoms with Crippen molar-refractivity contribution >= 4 is 11.3 Å². The molecular formula is C12H18N2OS. The summed E-state index contributed by atoms with van der Waals surface area (Å²) in [7, 11) is 0. The number of hydrogen-bond acceptors (Lipinski definition) is 4. The minimum Gasteiger partial charge on any atom is -0.371 e. The van der Waals surface area contributed by atoms with Crippen molar-refractivity contribution in [3.63, 3.8) is 0 Å². The SMILES string of the molecule is NCC1(c2csc(C3CCCO3)n2)CCC1. The van der Waals surface area contributed by atoms with Crippen LogP contribution in [-0.4, -0.2) is 18.1 Å². The molecule has 1 aromatic heterocycles. The van der Waals surface area contributed by atoms with Gasteiger partial charge in [-0.3, -0.25) is 0 Å². The Kier molecular flexibility index (Phi) is 2.73. The second-order valence-corrected chi connectivity index (χ2v) is 5.80. The van der Waals surface area contributed by atoms with Crippen LogP contribution in [0.2, 0.25) is 0 Å². The molecule has 3 nitrogen and oxygen atoms in total. The number of ether oxygens (including phenoxy) is 1. The van der Waals surface area contributed by atoms with Crippen molar-refractivity contribution in [1.82, 2.24) is 4.98 Å². The summed E-state index contributed by atoms with van der Waals surface area (Å²) in [5.74, 6) is 0. The van der Waals surface area contributed by atoms with Crippen LogP contribution < -0.4 is 5.73 Å². The average Bonchev–Trinajstić information content (AvgIpc) is 2.86. The van der Waals surface area contributed by atoms with E-state index in [2.05, 4.69) is 5.38 Å². The average molecular weight is 238 g/mol. The van der Waals surface area contributed by atoms with Crippen molar-refractivity contribution < 1.29 is 4.74 Å². The molecule has 1 unspecified atom stereocenters. The van der Waals surface area contributed by atoms with Crippen LogP contribution in [0.25, 0.3) is 0 Å². The van der Waals surface area contributed by atoms with Crippen molar-refractivity contribution in [2.24, 2.45) is 5.73 Å². The third-order valence-electron chi connectivity index (χ3n) is 3.97. The van der Waals surface area contributed by atoms with Gasteiger partial charge < -0.3 is 10.5 Å². The normalized spacial score (nSPS) is 27.9. The zero-order chi connectivity index (χ0) is 11.0. The summed E-state index contributed by atoms with van der Waals surface area (Å²) in [5, 5.41) is 3.36. The van der Waals surface area contributed by atoms with Crippen LogP contribution in [0.4, 0.5) is 0 Å². The van der Waals surface area contributed by atoms with Gasteiger partial charge in [-0.05, 0) is 25.7 Å². The molecule has 1 saturated heterocycles. The molecular weight excluding hydrogens is 220 g/mol. The highest BCUT2D eigenvalue weighted by Crippen LogP contribution is 2.44. The maximum absolute atomic E-state index is 5.90. The van der Waals surface area contributed by atoms with Crippen molar-refractivity contribution in [2.45, 2.75) is 43.6 Å². The summed E-state index contributed by atoms with van der Waals surface area (Å²) < 4.78 is 5.67. The van der Waals surface area contributed by atoms with E-state index in [9.17, 15) is 0 Å². The van der Waals surface area contributed by atoms with Crippen molar-refractivity contribution in [2.75, 3.05) is 13.2 Å². The van der Waals surface area contributed by atoms with Gasteiger partial charge in [-0.1, -0.05) is 6.42 Å². The highest BCUT2D eigenvalue weighted by molar-refractivity contribution is 7.09. The zero-order valence-corrected chi connectivity index (χ0v) is 10.3. The molecule has 1 aliphatic carbocycles. The van der Waals surface area contributed by atoms with E-state index in [1.165, 1.54) is 31.4 Å². The van der Waals surface area contributed by atoms with Gasteiger partial charge in [-0.15, -0.1) is 11.3 Å². The Morgan fingerprint density at radius 3 is 2.94 bits per heavy atom. The van der Waals surface area contributed by atoms with Crippen LogP contribution in [0, 0.1) is 0 Å². The first-order valence-electron chi connectivity index (χ1n) is 6.12. The van der Waals surface area contributed by atoms with E-state index >= 15 is 0 Å². The fourth-order valence-electron chi connectivity index (χ4n) is 2.62. The molecule has 16 heavy (non-hydrogen) atoms. The summed E-state index contributed by atoms with van der Waals surface area (Å²) in [6, 6.07) is 0. The lowest BCUT2D eigenvalue weighted by Crippen LogP contribution is -2.41. The third kappa shape index (κ3) is 1.60. The van der Waals surface area contributed by atoms with Crippen LogP contribution in [-0.2, 0) is 10.2 Å². The van der Waals surface area contributed by atoms with Gasteiger partial charge in [0.25, 0.3) is 0 Å². The Hall–Kier alpha value is -0.450. The fourth-order valence-corrected chi connectivity index (χ4v) is 3.64. The molecule has 0 radical (unpaired) electrons. The number of aromatic nitrogens is 1. The zero-order valence-electron chi connectivity index (χ0n) is 9.45. The van der Waals surface area contributed by atoms with E-state index in [1.807, 2.05) is 0 Å². The molecule has 1 aliphatic heterocycles. The van der Waals surface area contributed by atoms with E-state index in [0.717, 1.165) is 24.6 Å². The molecule has 88 valence electrons. The summed E-state index contributed by atoms with van der Waals surface area (Å²) in [6.07, 6.45) is 6.26. The second kappa shape index (κ2) is 4.09. The lowest BCUT2D eigenvalue weighted by Gasteiger charge is -2.39. The number of hydrogen-bond donors (Lipinski definition) is 1. The summed E-state index contributed by atoms with van der Waals surface area (Å²) >= 11 is 1.75. The van der Waals surface area contributed by atoms with E-state index in [0.29, 0.717) is 0 Å². The number of rotatable bonds is 3. The van der Waals surface area contributed by atoms with E-state index in [4.69, 9.17) is 15.5 Å². The van der Waals surface area contributed by atoms with Gasteiger partial charge >= 0.3 is 0 Å². The molecule has 1 saturated carbocycles. The van der Waals surface area contributed by atoms with Gasteiger partial charge in [-0.25, -0.2) is 4.98 Å². The quantitative estimate of drug-likeness (QED) is 0.879. The Labute approximate surface area is 100 Å². The Bertz CT molecular complexity index is 361. The first-order chi connectivity index (χ1) is 7.84. The van der Waals surface area contributed by atoms with Crippen LogP contribution in [0.1, 0.15) is 48.9 Å². The van der Waals surface area contributed by atoms with E-state index in [-0.39, 0.29) is 11.5 Å². The standard InChI is InChI=1S/C12H18N2OS/c13-8-12(4-2-5-12)10-7-16-11(14-10)9-3-1-6-15-9/h7,9H,1-6,8,13H2. The predicted molar refractivity (Wildman–Crippen MR) is 64.6 cm³/mol. The van der Waals surface area contributed by atoms with Crippen molar-refractivity contribution in [3.05, 3.63) is 16.1 Å². The summed E-state index contributed by atoms with van der Waals surface area (Å²) in [4.78, 5) is 4.77. The first kappa shape index (κ1) is 10.7. The van der Waals surface area contributed by atoms with Crippen molar-refractivity contribution in [1.29, 1.82) is 0 Å². The monoisotopic (exact) mass is 238 g/mol. The molecule has 4 heteroatoms. The van der Waals surface area contributed by atoms with Gasteiger partial charge in [0.15, 0.2) is 0 Å². The van der Waals surface area contributed by atoms with Gasteiger partial charge in [0.05, 0.1) is 5.69 Å². The fraction of sp³-hybridized carbons (Fsp3) is 0.750. The van der Waals surface area contributed by atoms with Gasteiger partial charge in [-0.2, -0.15) is 0 Å². The second-order valence-electron chi connectivity index (χ2n) is 4.91. The van der Waals surface area contributed by atoms with Gasteiger partial charge in [0.2, 0.25) is 0 Å². The molecule has 0 amide bonds. The Balaban J connectivity index is 1.81. The van der Waals surface area contributed by atoms with Crippen LogP contribution >= 0.6 is 11.3 Å². The minimum atomic E-state index is 0.202. The molecule has 0 aromatic carbocycles. The summed E-state index contributed by atoms with van der Waals surface area (Å²) in [6.45, 7) is 1.63. The molecule has 3 rings (SSSR count). The van der Waals surface area contributed by atoms with Gasteiger partial charge in [0.1, 0.15) is 11.1 Å². The molecule has 1 aromatic rings. The van der Waals surface area contributed by atoms with Crippen LogP contribution in [0.15, 0.2) is 5.38 Å². The van der Waals surface area contributed by atoms with Crippen molar-refractivity contribution in [3.8, 4) is 0 Å². The maximum Gasteiger partial charge on any atom is 0.122 e. The lowest BCUT2D eigenvalue weighted by molar-refractivity contribution is 0.111. The van der Waals surface area contributed by atoms with E-state index in [1.54, 1.807) is 11.3 Å². The summed E-state index contributed by atoms with van der Waals surface area (Å²) in [5.41, 5.74) is 7.32. The molecule has 2 aliphatic rings. The molecule has 1 atom stereocenters. The van der Waals surface area contributed by atoms with Gasteiger partial charge in [0, 0.05) is 23.9 Å². The first-order valence-corrected chi connectivity index (χ1v) is 7.00. The largest absolute Gasteiger partial charge is 0.371 e. The number of thiazole rings is 1. The Morgan fingerprint density at radius 1 is 1.50 bits per heavy atom. The number of nitrogens with zero attached hydrogens (tertiary/aromatic N) is 1. The maximum atomic E-state index is 5.90. The van der Waals surface area contributed by atoms with E-state index < -0.39 is 0 Å². The minimum absolute atomic E-state index is 0.202. The number of nitrogens with two attached hydrogens (primary N) is 1.